The maximum absolute atomic E-state index is 12.4. The van der Waals surface area contributed by atoms with Gasteiger partial charge in [0, 0.05) is 23.7 Å². The lowest BCUT2D eigenvalue weighted by molar-refractivity contribution is -0.129. The van der Waals surface area contributed by atoms with Crippen LogP contribution in [0.4, 0.5) is 0 Å². The number of benzene rings is 2. The van der Waals surface area contributed by atoms with Gasteiger partial charge in [-0.15, -0.1) is 0 Å². The molecule has 0 unspecified atom stereocenters. The highest BCUT2D eigenvalue weighted by atomic mass is 35.5. The van der Waals surface area contributed by atoms with Gasteiger partial charge in [-0.3, -0.25) is 4.79 Å². The van der Waals surface area contributed by atoms with E-state index in [4.69, 9.17) is 25.8 Å². The fraction of sp³-hybridized carbons (Fsp3) is 0.316. The van der Waals surface area contributed by atoms with Gasteiger partial charge in [0.05, 0.1) is 27.2 Å². The third-order valence-electron chi connectivity index (χ3n) is 3.77. The van der Waals surface area contributed by atoms with E-state index in [2.05, 4.69) is 0 Å². The molecule has 0 atom stereocenters. The van der Waals surface area contributed by atoms with Crippen LogP contribution in [0, 0.1) is 0 Å². The van der Waals surface area contributed by atoms with E-state index < -0.39 is 0 Å². The van der Waals surface area contributed by atoms with Crippen LogP contribution in [0.15, 0.2) is 42.5 Å². The number of carbonyl (C=O) groups is 1. The molecule has 6 heteroatoms. The van der Waals surface area contributed by atoms with Gasteiger partial charge in [-0.1, -0.05) is 17.7 Å². The van der Waals surface area contributed by atoms with Crippen LogP contribution in [-0.2, 0) is 11.2 Å². The van der Waals surface area contributed by atoms with Crippen molar-refractivity contribution in [1.82, 2.24) is 4.90 Å². The first kappa shape index (κ1) is 18.9. The van der Waals surface area contributed by atoms with Gasteiger partial charge < -0.3 is 19.1 Å². The highest BCUT2D eigenvalue weighted by molar-refractivity contribution is 6.30. The Balaban J connectivity index is 1.86. The van der Waals surface area contributed by atoms with Gasteiger partial charge in [-0.05, 0) is 30.3 Å². The molecular weight excluding hydrogens is 342 g/mol. The molecule has 0 saturated heterocycles. The van der Waals surface area contributed by atoms with Crippen LogP contribution in [0.5, 0.6) is 17.2 Å². The fourth-order valence-electron chi connectivity index (χ4n) is 2.25. The molecule has 1 amide bonds. The van der Waals surface area contributed by atoms with E-state index in [1.807, 2.05) is 12.1 Å². The Hall–Kier alpha value is -2.40. The number of amides is 1. The van der Waals surface area contributed by atoms with Gasteiger partial charge >= 0.3 is 0 Å². The molecular formula is C19H22ClNO4. The Bertz CT molecular complexity index is 703. The fourth-order valence-corrected chi connectivity index (χ4v) is 2.38. The first-order chi connectivity index (χ1) is 12.0. The number of nitrogens with zero attached hydrogens (tertiary/aromatic N) is 1. The van der Waals surface area contributed by atoms with E-state index in [9.17, 15) is 4.79 Å². The van der Waals surface area contributed by atoms with Crippen molar-refractivity contribution in [3.05, 3.63) is 53.1 Å². The van der Waals surface area contributed by atoms with Gasteiger partial charge in [0.15, 0.2) is 0 Å². The summed E-state index contributed by atoms with van der Waals surface area (Å²) in [4.78, 5) is 14.0. The number of likely N-dealkylation sites (N-methyl/N-ethyl adjacent to an activating group) is 1. The van der Waals surface area contributed by atoms with Crippen LogP contribution in [0.3, 0.4) is 0 Å². The molecule has 0 spiro atoms. The Kier molecular flexibility index (Phi) is 6.95. The summed E-state index contributed by atoms with van der Waals surface area (Å²) in [5.41, 5.74) is 0.818. The first-order valence-electron chi connectivity index (χ1n) is 7.86. The third kappa shape index (κ3) is 5.57. The largest absolute Gasteiger partial charge is 0.497 e. The standard InChI is InChI=1S/C19H22ClNO4/c1-21(10-11-25-16-8-5-15(20)6-9-16)19(22)12-14-4-7-17(23-2)13-18(14)24-3/h4-9,13H,10-12H2,1-3H3. The van der Waals surface area contributed by atoms with E-state index in [1.54, 1.807) is 56.5 Å². The van der Waals surface area contributed by atoms with Crippen LogP contribution in [-0.4, -0.2) is 45.2 Å². The molecule has 5 nitrogen and oxygen atoms in total. The molecule has 0 fully saturated rings. The normalized spacial score (nSPS) is 10.2. The summed E-state index contributed by atoms with van der Waals surface area (Å²) in [6.45, 7) is 0.892. The summed E-state index contributed by atoms with van der Waals surface area (Å²) in [5.74, 6) is 2.04. The molecule has 0 aliphatic rings. The second-order valence-electron chi connectivity index (χ2n) is 5.47. The van der Waals surface area contributed by atoms with Gasteiger partial charge in [0.2, 0.25) is 5.91 Å². The topological polar surface area (TPSA) is 48.0 Å². The van der Waals surface area contributed by atoms with Crippen molar-refractivity contribution in [2.24, 2.45) is 0 Å². The van der Waals surface area contributed by atoms with Crippen molar-refractivity contribution in [2.45, 2.75) is 6.42 Å². The summed E-state index contributed by atoms with van der Waals surface area (Å²) < 4.78 is 16.1. The molecule has 0 radical (unpaired) electrons. The van der Waals surface area contributed by atoms with E-state index in [1.165, 1.54) is 0 Å². The minimum absolute atomic E-state index is 0.0110. The zero-order valence-electron chi connectivity index (χ0n) is 14.6. The molecule has 0 aliphatic carbocycles. The number of ether oxygens (including phenoxy) is 3. The maximum Gasteiger partial charge on any atom is 0.226 e. The second-order valence-corrected chi connectivity index (χ2v) is 5.91. The average molecular weight is 364 g/mol. The number of methoxy groups -OCH3 is 2. The lowest BCUT2D eigenvalue weighted by atomic mass is 10.1. The summed E-state index contributed by atoms with van der Waals surface area (Å²) in [6, 6.07) is 12.6. The Morgan fingerprint density at radius 3 is 2.36 bits per heavy atom. The molecule has 0 N–H and O–H groups in total. The summed E-state index contributed by atoms with van der Waals surface area (Å²) >= 11 is 5.83. The van der Waals surface area contributed by atoms with Crippen molar-refractivity contribution >= 4 is 17.5 Å². The lowest BCUT2D eigenvalue weighted by Crippen LogP contribution is -2.32. The predicted molar refractivity (Wildman–Crippen MR) is 97.8 cm³/mol. The SMILES string of the molecule is COc1ccc(CC(=O)N(C)CCOc2ccc(Cl)cc2)c(OC)c1. The second kappa shape index (κ2) is 9.18. The van der Waals surface area contributed by atoms with Crippen LogP contribution in [0.1, 0.15) is 5.56 Å². The predicted octanol–water partition coefficient (Wildman–Crippen LogP) is 3.44. The molecule has 0 aromatic heterocycles. The van der Waals surface area contributed by atoms with Crippen LogP contribution >= 0.6 is 11.6 Å². The summed E-state index contributed by atoms with van der Waals surface area (Å²) in [7, 11) is 4.92. The Morgan fingerprint density at radius 1 is 1.04 bits per heavy atom. The van der Waals surface area contributed by atoms with Crippen LogP contribution < -0.4 is 14.2 Å². The highest BCUT2D eigenvalue weighted by Gasteiger charge is 2.13. The number of hydrogen-bond acceptors (Lipinski definition) is 4. The average Bonchev–Trinajstić information content (AvgIpc) is 2.63. The van der Waals surface area contributed by atoms with Crippen LogP contribution in [0.2, 0.25) is 5.02 Å². The molecule has 25 heavy (non-hydrogen) atoms. The Morgan fingerprint density at radius 2 is 1.72 bits per heavy atom. The van der Waals surface area contributed by atoms with Gasteiger partial charge in [0.1, 0.15) is 23.9 Å². The molecule has 0 aliphatic heterocycles. The summed E-state index contributed by atoms with van der Waals surface area (Å²) in [5, 5.41) is 0.660. The molecule has 2 rings (SSSR count). The van der Waals surface area contributed by atoms with Gasteiger partial charge in [-0.2, -0.15) is 0 Å². The highest BCUT2D eigenvalue weighted by Crippen LogP contribution is 2.25. The molecule has 2 aromatic rings. The molecule has 0 saturated carbocycles. The van der Waals surface area contributed by atoms with Gasteiger partial charge in [-0.25, -0.2) is 0 Å². The first-order valence-corrected chi connectivity index (χ1v) is 8.24. The smallest absolute Gasteiger partial charge is 0.226 e. The quantitative estimate of drug-likeness (QED) is 0.721. The van der Waals surface area contributed by atoms with Crippen molar-refractivity contribution < 1.29 is 19.0 Å². The van der Waals surface area contributed by atoms with Gasteiger partial charge in [0.25, 0.3) is 0 Å². The van der Waals surface area contributed by atoms with E-state index in [0.29, 0.717) is 29.7 Å². The van der Waals surface area contributed by atoms with Crippen molar-refractivity contribution in [2.75, 3.05) is 34.4 Å². The maximum atomic E-state index is 12.4. The van der Waals surface area contributed by atoms with Crippen LogP contribution in [0.25, 0.3) is 0 Å². The number of carbonyl (C=O) groups excluding carboxylic acids is 1. The van der Waals surface area contributed by atoms with E-state index in [-0.39, 0.29) is 12.3 Å². The number of hydrogen-bond donors (Lipinski definition) is 0. The minimum atomic E-state index is -0.0110. The summed E-state index contributed by atoms with van der Waals surface area (Å²) in [6.07, 6.45) is 0.255. The molecule has 134 valence electrons. The number of halogens is 1. The minimum Gasteiger partial charge on any atom is -0.497 e. The van der Waals surface area contributed by atoms with Crippen molar-refractivity contribution in [1.29, 1.82) is 0 Å². The lowest BCUT2D eigenvalue weighted by Gasteiger charge is -2.18. The zero-order valence-corrected chi connectivity index (χ0v) is 15.4. The molecule has 0 heterocycles. The zero-order chi connectivity index (χ0) is 18.2. The van der Waals surface area contributed by atoms with Crippen molar-refractivity contribution in [3.8, 4) is 17.2 Å². The van der Waals surface area contributed by atoms with E-state index in [0.717, 1.165) is 11.3 Å². The molecule has 0 bridgehead atoms. The monoisotopic (exact) mass is 363 g/mol. The number of rotatable bonds is 8. The molecule has 2 aromatic carbocycles. The third-order valence-corrected chi connectivity index (χ3v) is 4.02. The van der Waals surface area contributed by atoms with E-state index >= 15 is 0 Å². The Labute approximate surface area is 153 Å². The van der Waals surface area contributed by atoms with Crippen molar-refractivity contribution in [3.63, 3.8) is 0 Å².